The van der Waals surface area contributed by atoms with E-state index in [2.05, 4.69) is 5.32 Å². The van der Waals surface area contributed by atoms with Crippen LogP contribution in [0.2, 0.25) is 0 Å². The molecule has 19 heavy (non-hydrogen) atoms. The van der Waals surface area contributed by atoms with E-state index in [1.165, 1.54) is 6.92 Å². The van der Waals surface area contributed by atoms with Crippen molar-refractivity contribution < 1.29 is 9.00 Å². The van der Waals surface area contributed by atoms with Crippen molar-refractivity contribution in [3.8, 4) is 0 Å². The fourth-order valence-corrected chi connectivity index (χ4v) is 2.63. The number of nitrogens with one attached hydrogen (secondary N) is 2. The van der Waals surface area contributed by atoms with Crippen LogP contribution in [0.1, 0.15) is 33.3 Å². The van der Waals surface area contributed by atoms with Gasteiger partial charge in [0.1, 0.15) is 0 Å². The predicted molar refractivity (Wildman–Crippen MR) is 79.8 cm³/mol. The van der Waals surface area contributed by atoms with Crippen LogP contribution in [0, 0.1) is 4.78 Å². The SMILES string of the molecule is CC.CCc1ccc(S(=N)(=O)CCNC(C)=O)cc1. The molecular weight excluding hydrogens is 260 g/mol. The van der Waals surface area contributed by atoms with E-state index in [1.54, 1.807) is 12.1 Å². The van der Waals surface area contributed by atoms with E-state index in [0.29, 0.717) is 4.90 Å². The molecule has 0 saturated carbocycles. The highest BCUT2D eigenvalue weighted by Crippen LogP contribution is 2.13. The normalized spacial score (nSPS) is 12.8. The summed E-state index contributed by atoms with van der Waals surface area (Å²) in [5, 5.41) is 2.56. The van der Waals surface area contributed by atoms with Crippen molar-refractivity contribution in [1.29, 1.82) is 4.78 Å². The molecule has 1 aromatic rings. The molecule has 0 bridgehead atoms. The summed E-state index contributed by atoms with van der Waals surface area (Å²) in [6, 6.07) is 7.26. The van der Waals surface area contributed by atoms with Gasteiger partial charge < -0.3 is 5.32 Å². The number of carbonyl (C=O) groups excluding carboxylic acids is 1. The minimum atomic E-state index is -2.80. The van der Waals surface area contributed by atoms with Crippen LogP contribution in [-0.2, 0) is 20.9 Å². The van der Waals surface area contributed by atoms with Crippen LogP contribution in [0.3, 0.4) is 0 Å². The summed E-state index contributed by atoms with van der Waals surface area (Å²) in [4.78, 5) is 11.2. The van der Waals surface area contributed by atoms with Crippen molar-refractivity contribution in [3.05, 3.63) is 29.8 Å². The van der Waals surface area contributed by atoms with Crippen molar-refractivity contribution in [2.45, 2.75) is 39.0 Å². The summed E-state index contributed by atoms with van der Waals surface area (Å²) in [6.07, 6.45) is 0.922. The fraction of sp³-hybridized carbons (Fsp3) is 0.500. The van der Waals surface area contributed by atoms with Crippen molar-refractivity contribution in [1.82, 2.24) is 5.32 Å². The molecule has 0 aliphatic carbocycles. The van der Waals surface area contributed by atoms with Gasteiger partial charge in [-0.3, -0.25) is 4.79 Å². The minimum Gasteiger partial charge on any atom is -0.355 e. The van der Waals surface area contributed by atoms with Gasteiger partial charge in [-0.15, -0.1) is 0 Å². The van der Waals surface area contributed by atoms with Crippen LogP contribution < -0.4 is 5.32 Å². The van der Waals surface area contributed by atoms with Gasteiger partial charge in [0.15, 0.2) is 0 Å². The third kappa shape index (κ3) is 6.38. The molecule has 0 spiro atoms. The van der Waals surface area contributed by atoms with Gasteiger partial charge in [-0.05, 0) is 24.1 Å². The molecule has 1 unspecified atom stereocenters. The molecule has 1 amide bonds. The third-order valence-electron chi connectivity index (χ3n) is 2.48. The molecule has 0 aliphatic heterocycles. The van der Waals surface area contributed by atoms with E-state index in [9.17, 15) is 9.00 Å². The van der Waals surface area contributed by atoms with Crippen molar-refractivity contribution >= 4 is 15.6 Å². The highest BCUT2D eigenvalue weighted by atomic mass is 32.2. The van der Waals surface area contributed by atoms with Gasteiger partial charge in [0.05, 0.1) is 15.5 Å². The Bertz CT molecular complexity index is 479. The molecular formula is C14H24N2O2S. The lowest BCUT2D eigenvalue weighted by atomic mass is 10.2. The highest BCUT2D eigenvalue weighted by molar-refractivity contribution is 7.92. The molecule has 5 heteroatoms. The van der Waals surface area contributed by atoms with Crippen LogP contribution in [0.25, 0.3) is 0 Å². The summed E-state index contributed by atoms with van der Waals surface area (Å²) in [6.45, 7) is 7.72. The molecule has 1 rings (SSSR count). The maximum absolute atomic E-state index is 12.1. The van der Waals surface area contributed by atoms with E-state index in [4.69, 9.17) is 4.78 Å². The van der Waals surface area contributed by atoms with Gasteiger partial charge >= 0.3 is 0 Å². The van der Waals surface area contributed by atoms with Gasteiger partial charge in [0.2, 0.25) is 5.91 Å². The summed E-state index contributed by atoms with van der Waals surface area (Å²) in [5.41, 5.74) is 1.16. The number of hydrogen-bond donors (Lipinski definition) is 2. The van der Waals surface area contributed by atoms with Gasteiger partial charge in [-0.25, -0.2) is 8.99 Å². The van der Waals surface area contributed by atoms with E-state index < -0.39 is 9.73 Å². The Kier molecular flexibility index (Phi) is 8.07. The fourth-order valence-electron chi connectivity index (χ4n) is 1.43. The highest BCUT2D eigenvalue weighted by Gasteiger charge is 2.09. The van der Waals surface area contributed by atoms with Gasteiger partial charge in [-0.2, -0.15) is 0 Å². The molecule has 0 aromatic heterocycles. The van der Waals surface area contributed by atoms with Crippen molar-refractivity contribution in [2.75, 3.05) is 12.3 Å². The molecule has 0 fully saturated rings. The number of benzene rings is 1. The lowest BCUT2D eigenvalue weighted by Crippen LogP contribution is -2.26. The molecule has 0 heterocycles. The van der Waals surface area contributed by atoms with E-state index in [0.717, 1.165) is 12.0 Å². The molecule has 108 valence electrons. The Morgan fingerprint density at radius 2 is 1.79 bits per heavy atom. The Morgan fingerprint density at radius 1 is 1.26 bits per heavy atom. The first-order valence-electron chi connectivity index (χ1n) is 6.55. The second-order valence-electron chi connectivity index (χ2n) is 3.86. The lowest BCUT2D eigenvalue weighted by molar-refractivity contribution is -0.118. The Hall–Kier alpha value is -1.36. The predicted octanol–water partition coefficient (Wildman–Crippen LogP) is 2.82. The van der Waals surface area contributed by atoms with Gasteiger partial charge in [-0.1, -0.05) is 32.9 Å². The summed E-state index contributed by atoms with van der Waals surface area (Å²) < 4.78 is 19.9. The number of rotatable bonds is 5. The molecule has 0 aliphatic rings. The summed E-state index contributed by atoms with van der Waals surface area (Å²) >= 11 is 0. The third-order valence-corrected chi connectivity index (χ3v) is 4.29. The van der Waals surface area contributed by atoms with Crippen LogP contribution >= 0.6 is 0 Å². The molecule has 1 aromatic carbocycles. The number of hydrogen-bond acceptors (Lipinski definition) is 3. The summed E-state index contributed by atoms with van der Waals surface area (Å²) in [7, 11) is -2.80. The first-order chi connectivity index (χ1) is 8.95. The first-order valence-corrected chi connectivity index (χ1v) is 8.28. The smallest absolute Gasteiger partial charge is 0.216 e. The number of amides is 1. The Morgan fingerprint density at radius 3 is 2.21 bits per heavy atom. The maximum atomic E-state index is 12.1. The number of aryl methyl sites for hydroxylation is 1. The zero-order valence-corrected chi connectivity index (χ0v) is 13.0. The van der Waals surface area contributed by atoms with E-state index in [-0.39, 0.29) is 18.2 Å². The summed E-state index contributed by atoms with van der Waals surface area (Å²) in [5.74, 6) is -0.0144. The average molecular weight is 284 g/mol. The minimum absolute atomic E-state index is 0.151. The molecule has 1 atom stereocenters. The standard InChI is InChI=1S/C12H18N2O2S.C2H6/c1-3-11-4-6-12(7-5-11)17(13,16)9-8-14-10(2)15;1-2/h4-7,13H,3,8-9H2,1-2H3,(H,14,15);1-2H3. The van der Waals surface area contributed by atoms with Crippen LogP contribution in [-0.4, -0.2) is 22.4 Å². The maximum Gasteiger partial charge on any atom is 0.216 e. The quantitative estimate of drug-likeness (QED) is 0.873. The van der Waals surface area contributed by atoms with Crippen LogP contribution in [0.4, 0.5) is 0 Å². The van der Waals surface area contributed by atoms with E-state index >= 15 is 0 Å². The van der Waals surface area contributed by atoms with Crippen LogP contribution in [0.15, 0.2) is 29.2 Å². The molecule has 2 N–H and O–H groups in total. The topological polar surface area (TPSA) is 70.0 Å². The molecule has 0 saturated heterocycles. The van der Waals surface area contributed by atoms with Crippen molar-refractivity contribution in [3.63, 3.8) is 0 Å². The second kappa shape index (κ2) is 8.69. The van der Waals surface area contributed by atoms with Crippen molar-refractivity contribution in [2.24, 2.45) is 0 Å². The number of carbonyl (C=O) groups is 1. The second-order valence-corrected chi connectivity index (χ2v) is 6.09. The average Bonchev–Trinajstić information content (AvgIpc) is 2.40. The first kappa shape index (κ1) is 17.6. The largest absolute Gasteiger partial charge is 0.355 e. The zero-order chi connectivity index (χ0) is 14.9. The monoisotopic (exact) mass is 284 g/mol. The Labute approximate surface area is 116 Å². The molecule has 4 nitrogen and oxygen atoms in total. The van der Waals surface area contributed by atoms with Crippen LogP contribution in [0.5, 0.6) is 0 Å². The van der Waals surface area contributed by atoms with E-state index in [1.807, 2.05) is 32.9 Å². The molecule has 0 radical (unpaired) electrons. The zero-order valence-electron chi connectivity index (χ0n) is 12.2. The Balaban J connectivity index is 0.00000154. The lowest BCUT2D eigenvalue weighted by Gasteiger charge is -2.08. The van der Waals surface area contributed by atoms with Gasteiger partial charge in [0, 0.05) is 18.4 Å². The van der Waals surface area contributed by atoms with Gasteiger partial charge in [0.25, 0.3) is 0 Å².